The van der Waals surface area contributed by atoms with E-state index >= 15 is 0 Å². The fourth-order valence-electron chi connectivity index (χ4n) is 2.04. The number of hydrogen-bond donors (Lipinski definition) is 1. The van der Waals surface area contributed by atoms with Crippen molar-refractivity contribution < 1.29 is 111 Å². The molecular formula is C12HF23O2. The lowest BCUT2D eigenvalue weighted by molar-refractivity contribution is -0.470. The number of carboxylic acids is 1. The lowest BCUT2D eigenvalue weighted by Crippen LogP contribution is -2.79. The number of carboxylic acid groups (broad SMARTS) is 1. The molecule has 1 atom stereocenters. The molecule has 222 valence electrons. The van der Waals surface area contributed by atoms with Gasteiger partial charge in [-0.15, -0.1) is 0 Å². The molecule has 0 heterocycles. The molecule has 0 aromatic carbocycles. The number of halogens is 23. The van der Waals surface area contributed by atoms with Crippen LogP contribution in [0.5, 0.6) is 0 Å². The normalized spacial score (nSPS) is 18.0. The standard InChI is InChI=1S/C12HF23O2/c13-2(1(36)37,4(16,17)11(30,31)32)3(14,15)5(18,19)6(20,21)7(22,23)8(24,25)9(26,27)10(28,29)12(33,34)35/h(H,36,37). The molecule has 1 unspecified atom stereocenters. The lowest BCUT2D eigenvalue weighted by atomic mass is 9.80. The fourth-order valence-corrected chi connectivity index (χ4v) is 2.04. The van der Waals surface area contributed by atoms with Crippen LogP contribution in [-0.2, 0) is 4.79 Å². The molecule has 0 aliphatic rings. The first kappa shape index (κ1) is 34.9. The number of carbonyl (C=O) groups is 1. The zero-order chi connectivity index (χ0) is 31.1. The number of aliphatic carboxylic acids is 1. The topological polar surface area (TPSA) is 37.3 Å². The molecule has 2 nitrogen and oxygen atoms in total. The molecule has 1 N–H and O–H groups in total. The van der Waals surface area contributed by atoms with Gasteiger partial charge in [0.15, 0.2) is 0 Å². The van der Waals surface area contributed by atoms with E-state index in [2.05, 4.69) is 0 Å². The highest BCUT2D eigenvalue weighted by Crippen LogP contribution is 2.66. The van der Waals surface area contributed by atoms with Crippen molar-refractivity contribution in [3.05, 3.63) is 0 Å². The Bertz CT molecular complexity index is 877. The summed E-state index contributed by atoms with van der Waals surface area (Å²) in [6.45, 7) is 0. The Balaban J connectivity index is 7.45. The van der Waals surface area contributed by atoms with Crippen molar-refractivity contribution in [2.75, 3.05) is 0 Å². The molecule has 0 saturated heterocycles. The summed E-state index contributed by atoms with van der Waals surface area (Å²) in [5.74, 6) is -78.4. The maximum absolute atomic E-state index is 13.8. The van der Waals surface area contributed by atoms with Crippen LogP contribution in [-0.4, -0.2) is 76.5 Å². The van der Waals surface area contributed by atoms with Crippen molar-refractivity contribution >= 4 is 5.97 Å². The van der Waals surface area contributed by atoms with E-state index in [-0.39, 0.29) is 0 Å². The quantitative estimate of drug-likeness (QED) is 0.285. The average Bonchev–Trinajstić information content (AvgIpc) is 2.63. The molecule has 0 aliphatic heterocycles. The van der Waals surface area contributed by atoms with Gasteiger partial charge >= 0.3 is 71.4 Å². The Morgan fingerprint density at radius 1 is 0.324 bits per heavy atom. The summed E-state index contributed by atoms with van der Waals surface area (Å²) in [5, 5.41) is 7.89. The minimum absolute atomic E-state index is 5.25. The summed E-state index contributed by atoms with van der Waals surface area (Å²) < 4.78 is 297. The first-order valence-corrected chi connectivity index (χ1v) is 7.52. The van der Waals surface area contributed by atoms with Gasteiger partial charge in [0.25, 0.3) is 0 Å². The maximum Gasteiger partial charge on any atom is 0.460 e. The Morgan fingerprint density at radius 3 is 0.703 bits per heavy atom. The second-order valence-corrected chi connectivity index (χ2v) is 6.55. The van der Waals surface area contributed by atoms with Crippen LogP contribution in [0, 0.1) is 0 Å². The van der Waals surface area contributed by atoms with Crippen molar-refractivity contribution in [1.29, 1.82) is 0 Å². The predicted octanol–water partition coefficient (Wildman–Crippen LogP) is 6.99. The van der Waals surface area contributed by atoms with E-state index in [0.717, 1.165) is 0 Å². The molecule has 0 aliphatic carbocycles. The van der Waals surface area contributed by atoms with E-state index in [1.54, 1.807) is 0 Å². The van der Waals surface area contributed by atoms with Crippen LogP contribution in [0.1, 0.15) is 0 Å². The predicted molar refractivity (Wildman–Crippen MR) is 63.2 cm³/mol. The molecule has 0 fully saturated rings. The van der Waals surface area contributed by atoms with Gasteiger partial charge in [0.1, 0.15) is 0 Å². The number of alkyl halides is 23. The molecule has 0 spiro atoms. The first-order valence-electron chi connectivity index (χ1n) is 7.52. The van der Waals surface area contributed by atoms with Crippen molar-refractivity contribution in [1.82, 2.24) is 0 Å². The third-order valence-corrected chi connectivity index (χ3v) is 4.24. The monoisotopic (exact) mass is 614 g/mol. The Hall–Kier alpha value is -2.14. The van der Waals surface area contributed by atoms with Crippen LogP contribution < -0.4 is 0 Å². The summed E-state index contributed by atoms with van der Waals surface area (Å²) in [6.07, 6.45) is -16.3. The summed E-state index contributed by atoms with van der Waals surface area (Å²) in [4.78, 5) is 10.3. The smallest absolute Gasteiger partial charge is 0.460 e. The van der Waals surface area contributed by atoms with Crippen molar-refractivity contribution in [2.24, 2.45) is 0 Å². The fraction of sp³-hybridized carbons (Fsp3) is 0.917. The van der Waals surface area contributed by atoms with Crippen molar-refractivity contribution in [2.45, 2.75) is 65.4 Å². The third kappa shape index (κ3) is 3.90. The molecule has 37 heavy (non-hydrogen) atoms. The van der Waals surface area contributed by atoms with Gasteiger partial charge in [0.2, 0.25) is 0 Å². The van der Waals surface area contributed by atoms with Gasteiger partial charge in [-0.2, -0.15) is 96.6 Å². The zero-order valence-corrected chi connectivity index (χ0v) is 15.5. The molecule has 0 aromatic heterocycles. The van der Waals surface area contributed by atoms with E-state index in [0.29, 0.717) is 0 Å². The SMILES string of the molecule is O=C(O)C(F)(C(F)(F)C(F)(F)F)C(F)(F)C(F)(F)C(F)(F)C(F)(F)C(F)(F)C(F)(F)C(F)(F)C(F)(F)F. The molecule has 0 saturated carbocycles. The van der Waals surface area contributed by atoms with Gasteiger partial charge in [-0.3, -0.25) is 0 Å². The summed E-state index contributed by atoms with van der Waals surface area (Å²) >= 11 is 0. The van der Waals surface area contributed by atoms with Gasteiger partial charge < -0.3 is 5.11 Å². The first-order chi connectivity index (χ1) is 15.4. The summed E-state index contributed by atoms with van der Waals surface area (Å²) in [7, 11) is 0. The second kappa shape index (κ2) is 8.18. The highest BCUT2D eigenvalue weighted by atomic mass is 19.4. The van der Waals surface area contributed by atoms with Crippen molar-refractivity contribution in [3.8, 4) is 0 Å². The maximum atomic E-state index is 13.8. The Morgan fingerprint density at radius 2 is 0.514 bits per heavy atom. The summed E-state index contributed by atoms with van der Waals surface area (Å²) in [5.41, 5.74) is -8.59. The molecule has 0 radical (unpaired) electrons. The largest absolute Gasteiger partial charge is 0.479 e. The minimum Gasteiger partial charge on any atom is -0.479 e. The van der Waals surface area contributed by atoms with Crippen LogP contribution >= 0.6 is 0 Å². The van der Waals surface area contributed by atoms with Gasteiger partial charge in [-0.25, -0.2) is 9.18 Å². The van der Waals surface area contributed by atoms with Gasteiger partial charge in [0, 0.05) is 0 Å². The Labute approximate surface area is 184 Å². The van der Waals surface area contributed by atoms with E-state index in [1.807, 2.05) is 0 Å². The lowest BCUT2D eigenvalue weighted by Gasteiger charge is -2.45. The van der Waals surface area contributed by atoms with E-state index < -0.39 is 71.4 Å². The zero-order valence-electron chi connectivity index (χ0n) is 15.5. The highest BCUT2D eigenvalue weighted by Gasteiger charge is 2.99. The van der Waals surface area contributed by atoms with Crippen LogP contribution in [0.25, 0.3) is 0 Å². The van der Waals surface area contributed by atoms with Crippen LogP contribution in [0.3, 0.4) is 0 Å². The van der Waals surface area contributed by atoms with Gasteiger partial charge in [-0.1, -0.05) is 0 Å². The molecular weight excluding hydrogens is 613 g/mol. The van der Waals surface area contributed by atoms with Gasteiger partial charge in [0.05, 0.1) is 0 Å². The molecule has 0 amide bonds. The van der Waals surface area contributed by atoms with Crippen molar-refractivity contribution in [3.63, 3.8) is 0 Å². The molecule has 0 rings (SSSR count). The van der Waals surface area contributed by atoms with Crippen LogP contribution in [0.4, 0.5) is 101 Å². The van der Waals surface area contributed by atoms with Crippen LogP contribution in [0.2, 0.25) is 0 Å². The molecule has 0 aromatic rings. The Kier molecular flexibility index (Phi) is 7.71. The van der Waals surface area contributed by atoms with E-state index in [1.165, 1.54) is 0 Å². The molecule has 0 bridgehead atoms. The second-order valence-electron chi connectivity index (χ2n) is 6.55. The van der Waals surface area contributed by atoms with E-state index in [4.69, 9.17) is 5.11 Å². The highest BCUT2D eigenvalue weighted by molar-refractivity contribution is 5.81. The third-order valence-electron chi connectivity index (χ3n) is 4.24. The van der Waals surface area contributed by atoms with Crippen LogP contribution in [0.15, 0.2) is 0 Å². The molecule has 25 heteroatoms. The van der Waals surface area contributed by atoms with E-state index in [9.17, 15) is 106 Å². The minimum atomic E-state index is -9.51. The number of rotatable bonds is 9. The average molecular weight is 614 g/mol. The van der Waals surface area contributed by atoms with Gasteiger partial charge in [-0.05, 0) is 0 Å². The number of hydrogen-bond acceptors (Lipinski definition) is 1. The summed E-state index contributed by atoms with van der Waals surface area (Å²) in [6, 6.07) is 0.